The second kappa shape index (κ2) is 8.99. The fourth-order valence-electron chi connectivity index (χ4n) is 1.85. The summed E-state index contributed by atoms with van der Waals surface area (Å²) >= 11 is 1.78. The van der Waals surface area contributed by atoms with E-state index in [1.54, 1.807) is 16.7 Å². The highest BCUT2D eigenvalue weighted by atomic mass is 32.2. The van der Waals surface area contributed by atoms with E-state index in [0.717, 1.165) is 12.2 Å². The number of nitrogens with zero attached hydrogens (tertiary/aromatic N) is 1. The number of amides is 1. The Balaban J connectivity index is 2.26. The fraction of sp³-hybridized carbons (Fsp3) is 0.533. The highest BCUT2D eigenvalue weighted by Crippen LogP contribution is 2.18. The normalized spacial score (nSPS) is 10.7. The number of aliphatic hydroxyl groups excluding tert-OH is 1. The van der Waals surface area contributed by atoms with Crippen LogP contribution in [0.5, 0.6) is 0 Å². The van der Waals surface area contributed by atoms with Gasteiger partial charge in [-0.05, 0) is 38.2 Å². The Kier molecular flexibility index (Phi) is 7.60. The first-order chi connectivity index (χ1) is 9.15. The van der Waals surface area contributed by atoms with Gasteiger partial charge in [0.15, 0.2) is 0 Å². The first-order valence-electron chi connectivity index (χ1n) is 6.73. The van der Waals surface area contributed by atoms with Crippen molar-refractivity contribution < 1.29 is 9.90 Å². The van der Waals surface area contributed by atoms with E-state index in [9.17, 15) is 4.79 Å². The largest absolute Gasteiger partial charge is 0.395 e. The van der Waals surface area contributed by atoms with Gasteiger partial charge >= 0.3 is 0 Å². The second-order valence-electron chi connectivity index (χ2n) is 4.67. The van der Waals surface area contributed by atoms with Crippen molar-refractivity contribution in [2.24, 2.45) is 0 Å². The van der Waals surface area contributed by atoms with Gasteiger partial charge in [0.05, 0.1) is 6.61 Å². The van der Waals surface area contributed by atoms with Crippen LogP contribution in [0, 0.1) is 0 Å². The standard InChI is InChI=1S/C15H23NO2S/c1-13(2)16(10-11-17)15(18)9-6-12-19-14-7-4-3-5-8-14/h3-5,7-8,13,17H,6,9-12H2,1-2H3. The van der Waals surface area contributed by atoms with Crippen LogP contribution in [-0.4, -0.2) is 40.9 Å². The molecule has 0 spiro atoms. The van der Waals surface area contributed by atoms with Crippen LogP contribution in [-0.2, 0) is 4.79 Å². The van der Waals surface area contributed by atoms with Gasteiger partial charge in [-0.1, -0.05) is 18.2 Å². The summed E-state index contributed by atoms with van der Waals surface area (Å²) in [7, 11) is 0. The van der Waals surface area contributed by atoms with Crippen molar-refractivity contribution in [2.45, 2.75) is 37.6 Å². The molecule has 0 aliphatic heterocycles. The minimum absolute atomic E-state index is 0.0304. The topological polar surface area (TPSA) is 40.5 Å². The molecule has 106 valence electrons. The molecule has 0 saturated heterocycles. The summed E-state index contributed by atoms with van der Waals surface area (Å²) in [6.07, 6.45) is 1.42. The van der Waals surface area contributed by atoms with Crippen LogP contribution in [0.1, 0.15) is 26.7 Å². The number of thioether (sulfide) groups is 1. The Labute approximate surface area is 120 Å². The molecule has 0 aliphatic carbocycles. The number of aliphatic hydroxyl groups is 1. The van der Waals surface area contributed by atoms with Gasteiger partial charge < -0.3 is 10.0 Å². The second-order valence-corrected chi connectivity index (χ2v) is 5.84. The maximum atomic E-state index is 12.0. The molecular formula is C15H23NO2S. The number of benzene rings is 1. The van der Waals surface area contributed by atoms with Crippen LogP contribution in [0.15, 0.2) is 35.2 Å². The third-order valence-corrected chi connectivity index (χ3v) is 3.93. The molecule has 1 rings (SSSR count). The van der Waals surface area contributed by atoms with Crippen molar-refractivity contribution >= 4 is 17.7 Å². The minimum atomic E-state index is 0.0304. The number of rotatable bonds is 8. The molecule has 0 unspecified atom stereocenters. The molecule has 0 bridgehead atoms. The summed E-state index contributed by atoms with van der Waals surface area (Å²) in [5.74, 6) is 1.08. The molecule has 1 aromatic rings. The lowest BCUT2D eigenvalue weighted by atomic mass is 10.2. The molecule has 19 heavy (non-hydrogen) atoms. The Morgan fingerprint density at radius 1 is 1.32 bits per heavy atom. The number of hydrogen-bond acceptors (Lipinski definition) is 3. The van der Waals surface area contributed by atoms with Crippen molar-refractivity contribution in [3.8, 4) is 0 Å². The van der Waals surface area contributed by atoms with Gasteiger partial charge in [0.25, 0.3) is 0 Å². The van der Waals surface area contributed by atoms with E-state index in [-0.39, 0.29) is 18.6 Å². The zero-order valence-corrected chi connectivity index (χ0v) is 12.5. The Morgan fingerprint density at radius 3 is 2.58 bits per heavy atom. The van der Waals surface area contributed by atoms with Gasteiger partial charge in [0, 0.05) is 23.9 Å². The molecule has 4 heteroatoms. The maximum Gasteiger partial charge on any atom is 0.222 e. The van der Waals surface area contributed by atoms with E-state index in [4.69, 9.17) is 5.11 Å². The third-order valence-electron chi connectivity index (χ3n) is 2.83. The van der Waals surface area contributed by atoms with Gasteiger partial charge in [0.1, 0.15) is 0 Å². The van der Waals surface area contributed by atoms with E-state index >= 15 is 0 Å². The zero-order valence-electron chi connectivity index (χ0n) is 11.7. The van der Waals surface area contributed by atoms with E-state index < -0.39 is 0 Å². The lowest BCUT2D eigenvalue weighted by Gasteiger charge is -2.25. The highest BCUT2D eigenvalue weighted by molar-refractivity contribution is 7.99. The van der Waals surface area contributed by atoms with Crippen LogP contribution in [0.3, 0.4) is 0 Å². The first-order valence-corrected chi connectivity index (χ1v) is 7.72. The molecule has 0 atom stereocenters. The summed E-state index contributed by atoms with van der Waals surface area (Å²) in [6.45, 7) is 4.42. The molecule has 1 amide bonds. The average Bonchev–Trinajstić information content (AvgIpc) is 2.41. The molecule has 0 fully saturated rings. The highest BCUT2D eigenvalue weighted by Gasteiger charge is 2.15. The molecule has 0 heterocycles. The maximum absolute atomic E-state index is 12.0. The number of hydrogen-bond donors (Lipinski definition) is 1. The van der Waals surface area contributed by atoms with Gasteiger partial charge in [-0.15, -0.1) is 11.8 Å². The number of carbonyl (C=O) groups is 1. The van der Waals surface area contributed by atoms with E-state index in [2.05, 4.69) is 12.1 Å². The number of carbonyl (C=O) groups excluding carboxylic acids is 1. The van der Waals surface area contributed by atoms with E-state index in [0.29, 0.717) is 13.0 Å². The summed E-state index contributed by atoms with van der Waals surface area (Å²) in [4.78, 5) is 15.0. The molecule has 0 saturated carbocycles. The van der Waals surface area contributed by atoms with Crippen molar-refractivity contribution in [3.05, 3.63) is 30.3 Å². The Morgan fingerprint density at radius 2 is 2.00 bits per heavy atom. The Hall–Kier alpha value is -1.00. The van der Waals surface area contributed by atoms with Crippen LogP contribution >= 0.6 is 11.8 Å². The lowest BCUT2D eigenvalue weighted by molar-refractivity contribution is -0.133. The summed E-state index contributed by atoms with van der Waals surface area (Å²) in [6, 6.07) is 10.4. The van der Waals surface area contributed by atoms with Gasteiger partial charge in [-0.25, -0.2) is 0 Å². The molecule has 3 nitrogen and oxygen atoms in total. The predicted molar refractivity (Wildman–Crippen MR) is 80.3 cm³/mol. The minimum Gasteiger partial charge on any atom is -0.395 e. The summed E-state index contributed by atoms with van der Waals surface area (Å²) in [5, 5.41) is 8.96. The fourth-order valence-corrected chi connectivity index (χ4v) is 2.73. The van der Waals surface area contributed by atoms with E-state index in [1.165, 1.54) is 4.90 Å². The van der Waals surface area contributed by atoms with Crippen LogP contribution in [0.2, 0.25) is 0 Å². The SMILES string of the molecule is CC(C)N(CCO)C(=O)CCCSc1ccccc1. The zero-order chi connectivity index (χ0) is 14.1. The van der Waals surface area contributed by atoms with Gasteiger partial charge in [-0.3, -0.25) is 4.79 Å². The lowest BCUT2D eigenvalue weighted by Crippen LogP contribution is -2.38. The summed E-state index contributed by atoms with van der Waals surface area (Å²) < 4.78 is 0. The predicted octanol–water partition coefficient (Wildman–Crippen LogP) is 2.79. The molecule has 1 aromatic carbocycles. The first kappa shape index (κ1) is 16.1. The van der Waals surface area contributed by atoms with Crippen molar-refractivity contribution in [3.63, 3.8) is 0 Å². The Bertz CT molecular complexity index is 368. The molecule has 1 N–H and O–H groups in total. The molecule has 0 radical (unpaired) electrons. The smallest absolute Gasteiger partial charge is 0.222 e. The van der Waals surface area contributed by atoms with Crippen LogP contribution < -0.4 is 0 Å². The summed E-state index contributed by atoms with van der Waals surface area (Å²) in [5.41, 5.74) is 0. The third kappa shape index (κ3) is 6.12. The van der Waals surface area contributed by atoms with Crippen LogP contribution in [0.25, 0.3) is 0 Å². The molecular weight excluding hydrogens is 258 g/mol. The van der Waals surface area contributed by atoms with Crippen molar-refractivity contribution in [1.29, 1.82) is 0 Å². The molecule has 0 aliphatic rings. The van der Waals surface area contributed by atoms with Gasteiger partial charge in [-0.2, -0.15) is 0 Å². The monoisotopic (exact) mass is 281 g/mol. The molecule has 0 aromatic heterocycles. The van der Waals surface area contributed by atoms with E-state index in [1.807, 2.05) is 32.0 Å². The van der Waals surface area contributed by atoms with Crippen molar-refractivity contribution in [1.82, 2.24) is 4.90 Å². The van der Waals surface area contributed by atoms with Gasteiger partial charge in [0.2, 0.25) is 5.91 Å². The quantitative estimate of drug-likeness (QED) is 0.588. The van der Waals surface area contributed by atoms with Crippen LogP contribution in [0.4, 0.5) is 0 Å². The average molecular weight is 281 g/mol. The van der Waals surface area contributed by atoms with Crippen molar-refractivity contribution in [2.75, 3.05) is 18.9 Å².